The smallest absolute Gasteiger partial charge is 0.338 e. The Balaban J connectivity index is 3.14. The van der Waals surface area contributed by atoms with Crippen LogP contribution in [0.2, 0.25) is 0 Å². The van der Waals surface area contributed by atoms with Gasteiger partial charge in [0.05, 0.1) is 11.1 Å². The number of benzene rings is 1. The van der Waals surface area contributed by atoms with Gasteiger partial charge in [-0.2, -0.15) is 0 Å². The average molecular weight is 316 g/mol. The highest BCUT2D eigenvalue weighted by molar-refractivity contribution is 5.96. The van der Waals surface area contributed by atoms with Crippen molar-refractivity contribution in [2.75, 3.05) is 13.2 Å². The minimum Gasteiger partial charge on any atom is -0.458 e. The lowest BCUT2D eigenvalue weighted by Crippen LogP contribution is -2.11. The van der Waals surface area contributed by atoms with Crippen molar-refractivity contribution in [1.82, 2.24) is 0 Å². The third-order valence-electron chi connectivity index (χ3n) is 2.43. The molecule has 0 fully saturated rings. The molecule has 0 unspecified atom stereocenters. The largest absolute Gasteiger partial charge is 0.458 e. The van der Waals surface area contributed by atoms with Crippen molar-refractivity contribution in [3.8, 4) is 5.75 Å². The van der Waals surface area contributed by atoms with Crippen molar-refractivity contribution >= 4 is 17.9 Å². The molecule has 6 nitrogen and oxygen atoms in total. The zero-order chi connectivity index (χ0) is 17.2. The van der Waals surface area contributed by atoms with Gasteiger partial charge in [0.2, 0.25) is 0 Å². The van der Waals surface area contributed by atoms with E-state index in [2.05, 4.69) is 19.7 Å². The first-order chi connectivity index (χ1) is 11.0. The van der Waals surface area contributed by atoms with Crippen molar-refractivity contribution in [2.24, 2.45) is 0 Å². The molecule has 1 rings (SSSR count). The summed E-state index contributed by atoms with van der Waals surface area (Å²) in [5, 5.41) is 0. The summed E-state index contributed by atoms with van der Waals surface area (Å²) in [5.74, 6) is -2.13. The third-order valence-corrected chi connectivity index (χ3v) is 2.43. The second-order valence-electron chi connectivity index (χ2n) is 4.15. The van der Waals surface area contributed by atoms with Crippen molar-refractivity contribution in [2.45, 2.75) is 0 Å². The van der Waals surface area contributed by atoms with Gasteiger partial charge in [0, 0.05) is 6.08 Å². The van der Waals surface area contributed by atoms with E-state index in [1.54, 1.807) is 0 Å². The molecule has 0 spiro atoms. The highest BCUT2D eigenvalue weighted by Gasteiger charge is 2.16. The first-order valence-electron chi connectivity index (χ1n) is 6.57. The average Bonchev–Trinajstić information content (AvgIpc) is 2.56. The first-order valence-corrected chi connectivity index (χ1v) is 6.57. The number of rotatable bonds is 8. The number of hydrogen-bond donors (Lipinski definition) is 0. The topological polar surface area (TPSA) is 78.9 Å². The summed E-state index contributed by atoms with van der Waals surface area (Å²) in [6, 6.07) is 3.83. The van der Waals surface area contributed by atoms with Crippen LogP contribution in [0.1, 0.15) is 20.7 Å². The summed E-state index contributed by atoms with van der Waals surface area (Å²) < 4.78 is 14.7. The molecule has 0 aliphatic carbocycles. The highest BCUT2D eigenvalue weighted by atomic mass is 16.5. The Bertz CT molecular complexity index is 602. The van der Waals surface area contributed by atoms with E-state index in [1.165, 1.54) is 30.4 Å². The molecule has 0 aliphatic heterocycles. The summed E-state index contributed by atoms with van der Waals surface area (Å²) in [7, 11) is 0. The van der Waals surface area contributed by atoms with Crippen LogP contribution in [0.3, 0.4) is 0 Å². The van der Waals surface area contributed by atoms with Crippen LogP contribution in [-0.2, 0) is 14.3 Å². The van der Waals surface area contributed by atoms with E-state index in [0.717, 1.165) is 6.08 Å². The van der Waals surface area contributed by atoms with Gasteiger partial charge in [-0.1, -0.05) is 31.9 Å². The van der Waals surface area contributed by atoms with Gasteiger partial charge in [0.1, 0.15) is 19.0 Å². The lowest BCUT2D eigenvalue weighted by atomic mass is 10.1. The molecule has 23 heavy (non-hydrogen) atoms. The molecule has 120 valence electrons. The standard InChI is InChI=1S/C17H16O6/c1-4-7-21-16(19)12-9-13(17(20)22-8-5-2)11-14(10-12)23-15(18)6-3/h4-6,9-11H,1-3,7-8H2. The number of hydrogen-bond acceptors (Lipinski definition) is 6. The Hall–Kier alpha value is -3.15. The Morgan fingerprint density at radius 1 is 0.870 bits per heavy atom. The molecule has 0 saturated carbocycles. The molecule has 0 heterocycles. The van der Waals surface area contributed by atoms with Crippen molar-refractivity contribution in [3.05, 3.63) is 67.3 Å². The van der Waals surface area contributed by atoms with E-state index in [-0.39, 0.29) is 30.1 Å². The lowest BCUT2D eigenvalue weighted by Gasteiger charge is -2.09. The van der Waals surface area contributed by atoms with E-state index < -0.39 is 17.9 Å². The summed E-state index contributed by atoms with van der Waals surface area (Å²) in [5.41, 5.74) is 0.0681. The molecule has 1 aromatic carbocycles. The Labute approximate surface area is 133 Å². The van der Waals surface area contributed by atoms with E-state index in [0.29, 0.717) is 0 Å². The van der Waals surface area contributed by atoms with E-state index >= 15 is 0 Å². The zero-order valence-corrected chi connectivity index (χ0v) is 12.4. The van der Waals surface area contributed by atoms with Crippen LogP contribution < -0.4 is 4.74 Å². The van der Waals surface area contributed by atoms with Crippen LogP contribution in [0.25, 0.3) is 0 Å². The molecule has 0 bridgehead atoms. The van der Waals surface area contributed by atoms with Gasteiger partial charge in [-0.05, 0) is 18.2 Å². The van der Waals surface area contributed by atoms with Gasteiger partial charge in [-0.25, -0.2) is 14.4 Å². The van der Waals surface area contributed by atoms with E-state index in [4.69, 9.17) is 14.2 Å². The fraction of sp³-hybridized carbons (Fsp3) is 0.118. The number of ether oxygens (including phenoxy) is 3. The molecule has 0 N–H and O–H groups in total. The van der Waals surface area contributed by atoms with Crippen LogP contribution in [0.15, 0.2) is 56.2 Å². The van der Waals surface area contributed by atoms with Crippen molar-refractivity contribution in [1.29, 1.82) is 0 Å². The molecule has 0 aromatic heterocycles. The fourth-order valence-corrected chi connectivity index (χ4v) is 1.49. The van der Waals surface area contributed by atoms with Crippen LogP contribution in [0.4, 0.5) is 0 Å². The molecule has 0 amide bonds. The molecular formula is C17H16O6. The van der Waals surface area contributed by atoms with Crippen LogP contribution in [-0.4, -0.2) is 31.1 Å². The number of carbonyl (C=O) groups is 3. The maximum Gasteiger partial charge on any atom is 0.338 e. The number of esters is 3. The van der Waals surface area contributed by atoms with Gasteiger partial charge < -0.3 is 14.2 Å². The Morgan fingerprint density at radius 3 is 1.74 bits per heavy atom. The van der Waals surface area contributed by atoms with Gasteiger partial charge in [-0.15, -0.1) is 0 Å². The second-order valence-corrected chi connectivity index (χ2v) is 4.15. The zero-order valence-electron chi connectivity index (χ0n) is 12.4. The molecule has 1 aromatic rings. The summed E-state index contributed by atoms with van der Waals surface area (Å²) in [6.45, 7) is 10.1. The fourth-order valence-electron chi connectivity index (χ4n) is 1.49. The van der Waals surface area contributed by atoms with Gasteiger partial charge in [0.15, 0.2) is 0 Å². The van der Waals surface area contributed by atoms with E-state index in [9.17, 15) is 14.4 Å². The quantitative estimate of drug-likeness (QED) is 0.317. The molecule has 0 saturated heterocycles. The van der Waals surface area contributed by atoms with Crippen LogP contribution in [0, 0.1) is 0 Å². The van der Waals surface area contributed by atoms with Gasteiger partial charge >= 0.3 is 17.9 Å². The summed E-state index contributed by atoms with van der Waals surface area (Å²) >= 11 is 0. The van der Waals surface area contributed by atoms with Crippen molar-refractivity contribution < 1.29 is 28.6 Å². The molecular weight excluding hydrogens is 300 g/mol. The summed E-state index contributed by atoms with van der Waals surface area (Å²) in [4.78, 5) is 35.1. The Morgan fingerprint density at radius 2 is 1.35 bits per heavy atom. The maximum absolute atomic E-state index is 11.9. The monoisotopic (exact) mass is 316 g/mol. The molecule has 6 heteroatoms. The Kier molecular flexibility index (Phi) is 7.00. The van der Waals surface area contributed by atoms with Crippen LogP contribution in [0.5, 0.6) is 5.75 Å². The summed E-state index contributed by atoms with van der Waals surface area (Å²) in [6.07, 6.45) is 3.76. The minimum absolute atomic E-state index is 0.00570. The molecule has 0 radical (unpaired) electrons. The normalized spacial score (nSPS) is 9.39. The van der Waals surface area contributed by atoms with Gasteiger partial charge in [0.25, 0.3) is 0 Å². The van der Waals surface area contributed by atoms with Crippen molar-refractivity contribution in [3.63, 3.8) is 0 Å². The predicted molar refractivity (Wildman–Crippen MR) is 83.2 cm³/mol. The maximum atomic E-state index is 11.9. The minimum atomic E-state index is -0.730. The van der Waals surface area contributed by atoms with Gasteiger partial charge in [-0.3, -0.25) is 0 Å². The predicted octanol–water partition coefficient (Wildman–Crippen LogP) is 2.46. The number of carbonyl (C=O) groups excluding carboxylic acids is 3. The first kappa shape index (κ1) is 17.9. The highest BCUT2D eigenvalue weighted by Crippen LogP contribution is 2.19. The van der Waals surface area contributed by atoms with E-state index in [1.807, 2.05) is 0 Å². The van der Waals surface area contributed by atoms with Crippen LogP contribution >= 0.6 is 0 Å². The third kappa shape index (κ3) is 5.62. The lowest BCUT2D eigenvalue weighted by molar-refractivity contribution is -0.128. The second kappa shape index (κ2) is 8.99. The SMILES string of the molecule is C=CCOC(=O)c1cc(OC(=O)C=C)cc(C(=O)OCC=C)c1. The molecule has 0 atom stereocenters. The molecule has 0 aliphatic rings.